The zero-order chi connectivity index (χ0) is 14.2. The molecule has 1 aromatic carbocycles. The Bertz CT molecular complexity index is 791. The van der Waals surface area contributed by atoms with Gasteiger partial charge in [-0.1, -0.05) is 33.2 Å². The topological polar surface area (TPSA) is 68.8 Å². The van der Waals surface area contributed by atoms with E-state index in [2.05, 4.69) is 36.8 Å². The summed E-state index contributed by atoms with van der Waals surface area (Å²) in [5, 5.41) is 15.0. The van der Waals surface area contributed by atoms with Crippen LogP contribution < -0.4 is 5.32 Å². The van der Waals surface area contributed by atoms with Gasteiger partial charge in [-0.15, -0.1) is 0 Å². The molecule has 1 atom stereocenters. The largest absolute Gasteiger partial charge is 0.467 e. The molecule has 7 heteroatoms. The number of rotatable bonds is 2. The van der Waals surface area contributed by atoms with Crippen molar-refractivity contribution >= 4 is 27.6 Å². The molecule has 0 spiro atoms. The molecule has 1 N–H and O–H groups in total. The van der Waals surface area contributed by atoms with Crippen molar-refractivity contribution in [2.75, 3.05) is 5.32 Å². The minimum absolute atomic E-state index is 0.162. The average molecular weight is 344 g/mol. The van der Waals surface area contributed by atoms with Crippen LogP contribution in [0.5, 0.6) is 0 Å². The molecule has 0 fully saturated rings. The van der Waals surface area contributed by atoms with E-state index in [9.17, 15) is 0 Å². The number of nitrogens with zero attached hydrogens (tertiary/aromatic N) is 4. The van der Waals surface area contributed by atoms with Gasteiger partial charge in [-0.25, -0.2) is 0 Å². The summed E-state index contributed by atoms with van der Waals surface area (Å²) in [5.74, 6) is 1.39. The number of hydrogen-bond donors (Lipinski definition) is 1. The molecule has 4 rings (SSSR count). The first kappa shape index (κ1) is 12.3. The van der Waals surface area contributed by atoms with Crippen LogP contribution in [0, 0.1) is 0 Å². The van der Waals surface area contributed by atoms with Gasteiger partial charge < -0.3 is 9.73 Å². The highest BCUT2D eigenvalue weighted by Crippen LogP contribution is 2.31. The molecule has 6 nitrogen and oxygen atoms in total. The van der Waals surface area contributed by atoms with Gasteiger partial charge in [0.15, 0.2) is 0 Å². The Morgan fingerprint density at radius 3 is 2.81 bits per heavy atom. The van der Waals surface area contributed by atoms with E-state index in [4.69, 9.17) is 4.42 Å². The second-order valence-electron chi connectivity index (χ2n) is 4.62. The second kappa shape index (κ2) is 4.85. The van der Waals surface area contributed by atoms with Crippen LogP contribution in [-0.4, -0.2) is 20.2 Å². The lowest BCUT2D eigenvalue weighted by Gasteiger charge is -2.21. The highest BCUT2D eigenvalue weighted by Gasteiger charge is 2.25. The highest BCUT2D eigenvalue weighted by molar-refractivity contribution is 9.10. The number of aromatic nitrogens is 4. The fourth-order valence-corrected chi connectivity index (χ4v) is 2.58. The van der Waals surface area contributed by atoms with E-state index in [-0.39, 0.29) is 6.04 Å². The summed E-state index contributed by atoms with van der Waals surface area (Å²) in [7, 11) is 0. The van der Waals surface area contributed by atoms with Gasteiger partial charge in [-0.2, -0.15) is 4.68 Å². The maximum Gasteiger partial charge on any atom is 0.248 e. The lowest BCUT2D eigenvalue weighted by Crippen LogP contribution is -2.19. The van der Waals surface area contributed by atoms with Gasteiger partial charge >= 0.3 is 0 Å². The predicted octanol–water partition coefficient (Wildman–Crippen LogP) is 3.08. The van der Waals surface area contributed by atoms with Crippen LogP contribution in [0.2, 0.25) is 0 Å². The van der Waals surface area contributed by atoms with Gasteiger partial charge in [0, 0.05) is 10.2 Å². The third-order valence-electron chi connectivity index (χ3n) is 3.32. The maximum atomic E-state index is 5.51. The monoisotopic (exact) mass is 343 g/mol. The van der Waals surface area contributed by atoms with Crippen LogP contribution in [0.1, 0.15) is 17.4 Å². The number of nitrogens with one attached hydrogen (secondary N) is 1. The number of fused-ring (bicyclic) bond motifs is 1. The Morgan fingerprint density at radius 1 is 1.19 bits per heavy atom. The zero-order valence-electron chi connectivity index (χ0n) is 10.8. The van der Waals surface area contributed by atoms with E-state index in [0.717, 1.165) is 21.5 Å². The zero-order valence-corrected chi connectivity index (χ0v) is 12.4. The van der Waals surface area contributed by atoms with Crippen molar-refractivity contribution in [3.05, 3.63) is 64.5 Å². The molecule has 21 heavy (non-hydrogen) atoms. The SMILES string of the molecule is Brc1ccc(C2=C[C@H](c3ccco3)n3nnnc3N2)cc1. The number of halogens is 1. The molecule has 0 saturated carbocycles. The van der Waals surface area contributed by atoms with Crippen LogP contribution in [0.4, 0.5) is 5.95 Å². The lowest BCUT2D eigenvalue weighted by atomic mass is 10.1. The summed E-state index contributed by atoms with van der Waals surface area (Å²) < 4.78 is 8.24. The number of allylic oxidation sites excluding steroid dienone is 1. The van der Waals surface area contributed by atoms with E-state index in [0.29, 0.717) is 5.95 Å². The summed E-state index contributed by atoms with van der Waals surface area (Å²) in [5.41, 5.74) is 2.01. The van der Waals surface area contributed by atoms with E-state index in [1.807, 2.05) is 42.5 Å². The Kier molecular flexibility index (Phi) is 2.85. The quantitative estimate of drug-likeness (QED) is 0.774. The molecule has 0 radical (unpaired) electrons. The summed E-state index contributed by atoms with van der Waals surface area (Å²) in [6.07, 6.45) is 3.69. The Balaban J connectivity index is 1.80. The number of tetrazole rings is 1. The van der Waals surface area contributed by atoms with E-state index in [1.54, 1.807) is 10.9 Å². The third kappa shape index (κ3) is 2.15. The molecule has 0 aliphatic carbocycles. The average Bonchev–Trinajstić information content (AvgIpc) is 3.18. The first-order valence-corrected chi connectivity index (χ1v) is 7.16. The molecule has 2 aromatic heterocycles. The molecule has 1 aliphatic heterocycles. The van der Waals surface area contributed by atoms with Crippen LogP contribution in [-0.2, 0) is 0 Å². The van der Waals surface area contributed by atoms with E-state index >= 15 is 0 Å². The molecule has 104 valence electrons. The summed E-state index contributed by atoms with van der Waals surface area (Å²) in [4.78, 5) is 0. The first-order chi connectivity index (χ1) is 10.3. The molecule has 1 aliphatic rings. The molecule has 3 heterocycles. The smallest absolute Gasteiger partial charge is 0.248 e. The van der Waals surface area contributed by atoms with Crippen molar-refractivity contribution in [2.24, 2.45) is 0 Å². The molecule has 0 unspecified atom stereocenters. The number of hydrogen-bond acceptors (Lipinski definition) is 5. The van der Waals surface area contributed by atoms with Gasteiger partial charge in [0.05, 0.1) is 6.26 Å². The number of benzene rings is 1. The molecule has 0 bridgehead atoms. The third-order valence-corrected chi connectivity index (χ3v) is 3.85. The van der Waals surface area contributed by atoms with Crippen molar-refractivity contribution in [2.45, 2.75) is 6.04 Å². The van der Waals surface area contributed by atoms with Gasteiger partial charge in [-0.3, -0.25) is 0 Å². The van der Waals surface area contributed by atoms with Crippen molar-refractivity contribution < 1.29 is 4.42 Å². The van der Waals surface area contributed by atoms with Crippen molar-refractivity contribution in [3.8, 4) is 0 Å². The van der Waals surface area contributed by atoms with E-state index in [1.165, 1.54) is 0 Å². The minimum Gasteiger partial charge on any atom is -0.467 e. The van der Waals surface area contributed by atoms with Gasteiger partial charge in [0.25, 0.3) is 0 Å². The number of anilines is 1. The molecule has 3 aromatic rings. The van der Waals surface area contributed by atoms with Gasteiger partial charge in [0.1, 0.15) is 11.8 Å². The normalized spacial score (nSPS) is 17.0. The summed E-state index contributed by atoms with van der Waals surface area (Å²) >= 11 is 3.44. The second-order valence-corrected chi connectivity index (χ2v) is 5.54. The van der Waals surface area contributed by atoms with Crippen molar-refractivity contribution in [3.63, 3.8) is 0 Å². The fourth-order valence-electron chi connectivity index (χ4n) is 2.31. The van der Waals surface area contributed by atoms with Gasteiger partial charge in [-0.05, 0) is 46.3 Å². The molecular formula is C14H10BrN5O. The van der Waals surface area contributed by atoms with Crippen molar-refractivity contribution in [1.29, 1.82) is 0 Å². The Labute approximate surface area is 128 Å². The Hall–Kier alpha value is -2.41. The van der Waals surface area contributed by atoms with E-state index < -0.39 is 0 Å². The van der Waals surface area contributed by atoms with Gasteiger partial charge in [0.2, 0.25) is 5.95 Å². The maximum absolute atomic E-state index is 5.51. The van der Waals surface area contributed by atoms with Crippen LogP contribution in [0.15, 0.2) is 57.6 Å². The minimum atomic E-state index is -0.162. The predicted molar refractivity (Wildman–Crippen MR) is 80.4 cm³/mol. The molecule has 0 saturated heterocycles. The standard InChI is InChI=1S/C14H10BrN5O/c15-10-5-3-9(4-6-10)11-8-12(13-2-1-7-21-13)20-14(16-11)17-18-19-20/h1-8,12H,(H,16,17,19)/t12-/m1/s1. The summed E-state index contributed by atoms with van der Waals surface area (Å²) in [6.45, 7) is 0. The highest BCUT2D eigenvalue weighted by atomic mass is 79.9. The molecular weight excluding hydrogens is 334 g/mol. The lowest BCUT2D eigenvalue weighted by molar-refractivity contribution is 0.443. The van der Waals surface area contributed by atoms with Crippen LogP contribution in [0.25, 0.3) is 5.70 Å². The molecule has 0 amide bonds. The first-order valence-electron chi connectivity index (χ1n) is 6.37. The van der Waals surface area contributed by atoms with Crippen molar-refractivity contribution in [1.82, 2.24) is 20.2 Å². The van der Waals surface area contributed by atoms with Crippen LogP contribution >= 0.6 is 15.9 Å². The Morgan fingerprint density at radius 2 is 2.05 bits per heavy atom. The fraction of sp³-hybridized carbons (Fsp3) is 0.0714. The number of furan rings is 1. The van der Waals surface area contributed by atoms with Crippen LogP contribution in [0.3, 0.4) is 0 Å². The summed E-state index contributed by atoms with van der Waals surface area (Å²) in [6, 6.07) is 11.7.